The van der Waals surface area contributed by atoms with Crippen molar-refractivity contribution in [3.05, 3.63) is 53.9 Å². The molecule has 0 unspecified atom stereocenters. The molecule has 3 N–H and O–H groups in total. The molecule has 0 atom stereocenters. The first kappa shape index (κ1) is 17.2. The van der Waals surface area contributed by atoms with Gasteiger partial charge < -0.3 is 16.0 Å². The predicted octanol–water partition coefficient (Wildman–Crippen LogP) is 2.85. The van der Waals surface area contributed by atoms with Crippen LogP contribution in [0.1, 0.15) is 35.2 Å². The minimum atomic E-state index is 0.125. The molecular weight excluding hydrogens is 340 g/mol. The number of nitrogens with two attached hydrogens (primary N) is 1. The van der Waals surface area contributed by atoms with Crippen LogP contribution in [-0.4, -0.2) is 38.8 Å². The van der Waals surface area contributed by atoms with Crippen LogP contribution in [-0.2, 0) is 6.54 Å². The number of fused-ring (bicyclic) bond motifs is 1. The number of piperidine rings is 1. The summed E-state index contributed by atoms with van der Waals surface area (Å²) >= 11 is 0. The molecule has 0 spiro atoms. The van der Waals surface area contributed by atoms with Gasteiger partial charge in [-0.2, -0.15) is 0 Å². The van der Waals surface area contributed by atoms with Crippen molar-refractivity contribution >= 4 is 28.6 Å². The number of nitrogen functional groups attached to an aromatic ring is 1. The number of carbonyl (C=O) groups excluding carboxylic acids is 1. The summed E-state index contributed by atoms with van der Waals surface area (Å²) in [5.74, 6) is 1.27. The lowest BCUT2D eigenvalue weighted by molar-refractivity contribution is 0.0724. The van der Waals surface area contributed by atoms with E-state index in [1.807, 2.05) is 35.2 Å². The number of benzene rings is 1. The number of hydrogen-bond donors (Lipinski definition) is 2. The highest BCUT2D eigenvalue weighted by atomic mass is 16.2. The van der Waals surface area contributed by atoms with E-state index in [1.54, 1.807) is 6.07 Å². The van der Waals surface area contributed by atoms with Gasteiger partial charge in [0.15, 0.2) is 5.65 Å². The van der Waals surface area contributed by atoms with E-state index in [2.05, 4.69) is 20.3 Å². The van der Waals surface area contributed by atoms with E-state index in [0.717, 1.165) is 42.4 Å². The number of nitrogens with zero attached hydrogens (tertiary/aromatic N) is 4. The summed E-state index contributed by atoms with van der Waals surface area (Å²) in [6.07, 6.45) is 4.88. The van der Waals surface area contributed by atoms with Gasteiger partial charge in [0.05, 0.1) is 5.39 Å². The minimum absolute atomic E-state index is 0.125. The zero-order chi connectivity index (χ0) is 18.6. The second kappa shape index (κ2) is 7.57. The summed E-state index contributed by atoms with van der Waals surface area (Å²) in [5.41, 5.74) is 8.09. The first-order chi connectivity index (χ1) is 13.2. The lowest BCUT2D eigenvalue weighted by atomic mass is 10.1. The maximum Gasteiger partial charge on any atom is 0.253 e. The van der Waals surface area contributed by atoms with E-state index < -0.39 is 0 Å². The lowest BCUT2D eigenvalue weighted by Crippen LogP contribution is -2.35. The molecule has 1 aromatic carbocycles. The van der Waals surface area contributed by atoms with Gasteiger partial charge in [0.25, 0.3) is 5.91 Å². The number of rotatable bonds is 4. The Bertz CT molecular complexity index is 950. The maximum absolute atomic E-state index is 12.5. The fraction of sp³-hybridized carbons (Fsp3) is 0.300. The van der Waals surface area contributed by atoms with Crippen molar-refractivity contribution in [2.45, 2.75) is 25.8 Å². The van der Waals surface area contributed by atoms with Crippen LogP contribution >= 0.6 is 0 Å². The van der Waals surface area contributed by atoms with Crippen molar-refractivity contribution in [1.82, 2.24) is 19.9 Å². The normalized spacial score (nSPS) is 14.3. The van der Waals surface area contributed by atoms with Crippen LogP contribution in [0.15, 0.2) is 42.7 Å². The second-order valence-corrected chi connectivity index (χ2v) is 6.73. The molecule has 2 aromatic heterocycles. The second-order valence-electron chi connectivity index (χ2n) is 6.73. The van der Waals surface area contributed by atoms with E-state index in [9.17, 15) is 4.79 Å². The molecular formula is C20H22N6O. The smallest absolute Gasteiger partial charge is 0.253 e. The van der Waals surface area contributed by atoms with Crippen LogP contribution < -0.4 is 11.1 Å². The van der Waals surface area contributed by atoms with Crippen LogP contribution in [0.2, 0.25) is 0 Å². The Kier molecular flexibility index (Phi) is 4.82. The molecule has 1 amide bonds. The molecule has 1 fully saturated rings. The largest absolute Gasteiger partial charge is 0.384 e. The Morgan fingerprint density at radius 2 is 1.81 bits per heavy atom. The highest BCUT2D eigenvalue weighted by molar-refractivity contribution is 5.94. The number of amides is 1. The number of pyridine rings is 1. The fourth-order valence-electron chi connectivity index (χ4n) is 3.33. The van der Waals surface area contributed by atoms with Crippen molar-refractivity contribution in [3.8, 4) is 0 Å². The molecule has 7 nitrogen and oxygen atoms in total. The van der Waals surface area contributed by atoms with Crippen molar-refractivity contribution in [2.24, 2.45) is 0 Å². The van der Waals surface area contributed by atoms with Crippen molar-refractivity contribution in [1.29, 1.82) is 0 Å². The number of likely N-dealkylation sites (tertiary alicyclic amines) is 1. The van der Waals surface area contributed by atoms with Crippen LogP contribution in [0.25, 0.3) is 11.0 Å². The quantitative estimate of drug-likeness (QED) is 0.741. The van der Waals surface area contributed by atoms with Crippen LogP contribution in [0, 0.1) is 0 Å². The lowest BCUT2D eigenvalue weighted by Gasteiger charge is -2.26. The highest BCUT2D eigenvalue weighted by Gasteiger charge is 2.17. The highest BCUT2D eigenvalue weighted by Crippen LogP contribution is 2.20. The number of anilines is 2. The van der Waals surface area contributed by atoms with Crippen molar-refractivity contribution in [2.75, 3.05) is 24.1 Å². The van der Waals surface area contributed by atoms with E-state index in [0.29, 0.717) is 23.8 Å². The van der Waals surface area contributed by atoms with E-state index in [-0.39, 0.29) is 5.91 Å². The zero-order valence-corrected chi connectivity index (χ0v) is 15.1. The Morgan fingerprint density at radius 1 is 1.04 bits per heavy atom. The van der Waals surface area contributed by atoms with Gasteiger partial charge in [0.1, 0.15) is 18.0 Å². The molecule has 1 saturated heterocycles. The summed E-state index contributed by atoms with van der Waals surface area (Å²) < 4.78 is 0. The van der Waals surface area contributed by atoms with E-state index in [4.69, 9.17) is 5.73 Å². The van der Waals surface area contributed by atoms with Crippen molar-refractivity contribution < 1.29 is 4.79 Å². The SMILES string of the molecule is Nc1ccc2c(NCc3ccc(C(=O)N4CCCCC4)cc3)ncnc2n1. The van der Waals surface area contributed by atoms with Crippen molar-refractivity contribution in [3.63, 3.8) is 0 Å². The predicted molar refractivity (Wildman–Crippen MR) is 105 cm³/mol. The van der Waals surface area contributed by atoms with E-state index in [1.165, 1.54) is 12.7 Å². The molecule has 1 aliphatic heterocycles. The zero-order valence-electron chi connectivity index (χ0n) is 15.1. The first-order valence-electron chi connectivity index (χ1n) is 9.20. The molecule has 7 heteroatoms. The molecule has 3 heterocycles. The third-order valence-electron chi connectivity index (χ3n) is 4.82. The van der Waals surface area contributed by atoms with Gasteiger partial charge >= 0.3 is 0 Å². The van der Waals surface area contributed by atoms with Gasteiger partial charge in [-0.3, -0.25) is 4.79 Å². The Hall–Kier alpha value is -3.22. The summed E-state index contributed by atoms with van der Waals surface area (Å²) in [4.78, 5) is 27.1. The Balaban J connectivity index is 1.44. The van der Waals surface area contributed by atoms with Gasteiger partial charge in [-0.25, -0.2) is 15.0 Å². The molecule has 0 radical (unpaired) electrons. The molecule has 4 rings (SSSR count). The maximum atomic E-state index is 12.5. The van der Waals surface area contributed by atoms with Crippen LogP contribution in [0.3, 0.4) is 0 Å². The number of hydrogen-bond acceptors (Lipinski definition) is 6. The number of carbonyl (C=O) groups is 1. The average molecular weight is 362 g/mol. The standard InChI is InChI=1S/C20H22N6O/c21-17-9-8-16-18(23-13-24-19(16)25-17)22-12-14-4-6-15(7-5-14)20(27)26-10-2-1-3-11-26/h4-9,13H,1-3,10-12H2,(H3,21,22,23,24,25). The van der Waals surface area contributed by atoms with Gasteiger partial charge in [0.2, 0.25) is 0 Å². The summed E-state index contributed by atoms with van der Waals surface area (Å²) in [7, 11) is 0. The fourth-order valence-corrected chi connectivity index (χ4v) is 3.33. The Labute approximate surface area is 157 Å². The van der Waals surface area contributed by atoms with Gasteiger partial charge in [-0.05, 0) is 49.1 Å². The molecule has 0 bridgehead atoms. The number of nitrogens with one attached hydrogen (secondary N) is 1. The molecule has 0 saturated carbocycles. The summed E-state index contributed by atoms with van der Waals surface area (Å²) in [6.45, 7) is 2.32. The average Bonchev–Trinajstić information content (AvgIpc) is 2.72. The summed E-state index contributed by atoms with van der Waals surface area (Å²) in [6, 6.07) is 11.3. The first-order valence-corrected chi connectivity index (χ1v) is 9.20. The third-order valence-corrected chi connectivity index (χ3v) is 4.82. The topological polar surface area (TPSA) is 97.0 Å². The molecule has 27 heavy (non-hydrogen) atoms. The van der Waals surface area contributed by atoms with Crippen LogP contribution in [0.4, 0.5) is 11.6 Å². The number of aromatic nitrogens is 3. The monoisotopic (exact) mass is 362 g/mol. The van der Waals surface area contributed by atoms with E-state index >= 15 is 0 Å². The molecule has 0 aliphatic carbocycles. The molecule has 1 aliphatic rings. The van der Waals surface area contributed by atoms with Gasteiger partial charge in [-0.15, -0.1) is 0 Å². The third kappa shape index (κ3) is 3.81. The molecule has 3 aromatic rings. The molecule has 138 valence electrons. The van der Waals surface area contributed by atoms with Gasteiger partial charge in [0, 0.05) is 25.2 Å². The Morgan fingerprint density at radius 3 is 2.59 bits per heavy atom. The van der Waals surface area contributed by atoms with Gasteiger partial charge in [-0.1, -0.05) is 12.1 Å². The van der Waals surface area contributed by atoms with Crippen LogP contribution in [0.5, 0.6) is 0 Å². The summed E-state index contributed by atoms with van der Waals surface area (Å²) in [5, 5.41) is 4.13. The minimum Gasteiger partial charge on any atom is -0.384 e.